The Morgan fingerprint density at radius 2 is 0.457 bits per heavy atom. The van der Waals surface area contributed by atoms with E-state index in [0.717, 1.165) is 52.9 Å². The standard InChI is InChI=1S/C14H21N3O.B87/c18-8-7-16-3-5-17(6-4-16)14-2-1-12-10-15-11-13(12)9-14;1-45-67(44)78(66(42)43)84(79(68(46(2)3)47(4)5)69(48(6)7)49(8)9)87(85(80(70(50(10)11)51(12)13)71(52(14)15)53(16)17)81(72(54(18)19)55(20)21)73(56(22)23)57(24)25)86(82(74(58(26)27)59(28)29)75(60(30)31)61(32)33)83(76(62(34)35)63(36)37)77(64(38)39)65(40)41/h1-2,9,15,18H,3-8,10-11H2;. The maximum atomic E-state index is 8.94. The highest BCUT2D eigenvalue weighted by Crippen LogP contribution is 2.30. The van der Waals surface area contributed by atoms with Crippen LogP contribution in [0.25, 0.3) is 0 Å². The monoisotopic (exact) mass is 1200 g/mol. The van der Waals surface area contributed by atoms with Crippen molar-refractivity contribution in [2.24, 2.45) is 0 Å². The lowest BCUT2D eigenvalue weighted by molar-refractivity contribution is 0.189. The number of rotatable bonds is 45. The highest BCUT2D eigenvalue weighted by atomic mass is 16.3. The number of aliphatic hydroxyl groups excluding tert-OH is 1. The van der Waals surface area contributed by atoms with Gasteiger partial charge in [-0.05, 0) is 23.3 Å². The zero-order valence-corrected chi connectivity index (χ0v) is 61.0. The van der Waals surface area contributed by atoms with Crippen LogP contribution in [0.3, 0.4) is 0 Å². The molecule has 1 aromatic rings. The fraction of sp³-hybridized carbons (Fsp3) is 0.571. The topological polar surface area (TPSA) is 38.7 Å². The van der Waals surface area contributed by atoms with Gasteiger partial charge in [-0.25, -0.2) is 0 Å². The van der Waals surface area contributed by atoms with E-state index in [0.29, 0.717) is 0 Å². The Kier molecular flexibility index (Phi) is 50.2. The lowest BCUT2D eigenvalue weighted by Gasteiger charge is -2.62. The van der Waals surface area contributed by atoms with Crippen molar-refractivity contribution < 1.29 is 5.11 Å². The van der Waals surface area contributed by atoms with Crippen LogP contribution in [-0.2, 0) is 13.1 Å². The van der Waals surface area contributed by atoms with Crippen molar-refractivity contribution in [3.05, 3.63) is 29.3 Å². The van der Waals surface area contributed by atoms with Gasteiger partial charge in [0.2, 0.25) is 0 Å². The quantitative estimate of drug-likeness (QED) is 0.0639. The van der Waals surface area contributed by atoms with Gasteiger partial charge in [0.25, 0.3) is 0 Å². The van der Waals surface area contributed by atoms with Gasteiger partial charge in [0, 0.05) is 667 Å². The maximum absolute atomic E-state index is 8.94. The van der Waals surface area contributed by atoms with Crippen LogP contribution in [0.1, 0.15) is 11.1 Å². The Bertz CT molecular complexity index is 2120. The predicted octanol–water partition coefficient (Wildman–Crippen LogP) is -32.7. The van der Waals surface area contributed by atoms with Gasteiger partial charge in [0.15, 0.2) is 0 Å². The summed E-state index contributed by atoms with van der Waals surface area (Å²) in [7, 11) is 307. The molecule has 2 heterocycles. The molecule has 359 valence electrons. The van der Waals surface area contributed by atoms with E-state index < -0.39 is 268 Å². The van der Waals surface area contributed by atoms with Gasteiger partial charge in [-0.2, -0.15) is 0 Å². The third kappa shape index (κ3) is 28.9. The summed E-state index contributed by atoms with van der Waals surface area (Å²) in [5.74, 6) is 0. The number of β-amino-alcohol motifs (C(OH)–C–C–N with tert-alkyl or cyclic N) is 1. The van der Waals surface area contributed by atoms with Crippen molar-refractivity contribution in [3.63, 3.8) is 0 Å². The second-order valence-electron chi connectivity index (χ2n) is 29.6. The number of aliphatic hydroxyl groups is 1. The van der Waals surface area contributed by atoms with Crippen molar-refractivity contribution in [2.45, 2.75) is 13.1 Å². The van der Waals surface area contributed by atoms with Crippen molar-refractivity contribution in [1.82, 2.24) is 10.2 Å². The van der Waals surface area contributed by atoms with Crippen molar-refractivity contribution in [3.8, 4) is 0 Å². The number of nitrogens with zero attached hydrogens (tertiary/aromatic N) is 2. The second kappa shape index (κ2) is 49.9. The molecule has 3 rings (SSSR count). The summed E-state index contributed by atoms with van der Waals surface area (Å²) < 4.78 is 0. The van der Waals surface area contributed by atoms with Crippen LogP contribution < -0.4 is 10.2 Å². The summed E-state index contributed by atoms with van der Waals surface area (Å²) in [5.41, 5.74) is 4.24. The molecule has 4 nitrogen and oxygen atoms in total. The zero-order chi connectivity index (χ0) is 81.3. The van der Waals surface area contributed by atoms with Gasteiger partial charge in [0.05, 0.1) is 6.61 Å². The molecule has 0 spiro atoms. The Labute approximate surface area is 716 Å². The summed E-state index contributed by atoms with van der Waals surface area (Å²) in [5, 5.41) is 12.3. The summed E-state index contributed by atoms with van der Waals surface area (Å²) in [6.45, 7) is 7.32. The first kappa shape index (κ1) is 106. The fourth-order valence-electron chi connectivity index (χ4n) is 18.4. The van der Waals surface area contributed by atoms with Crippen LogP contribution in [0, 0.1) is 0 Å². The van der Waals surface area contributed by atoms with E-state index in [1.165, 1.54) is 16.8 Å². The third-order valence-electron chi connectivity index (χ3n) is 22.4. The molecule has 1 fully saturated rings. The molecule has 2 aliphatic heterocycles. The minimum atomic E-state index is -2.05. The third-order valence-corrected chi connectivity index (χ3v) is 22.4. The summed E-state index contributed by atoms with van der Waals surface area (Å²) in [4.78, 5) is 4.78. The number of hydrogen-bond acceptors (Lipinski definition) is 4. The fourth-order valence-corrected chi connectivity index (χ4v) is 18.4. The van der Waals surface area contributed by atoms with E-state index in [1.54, 1.807) is 0 Å². The molecular formula is C14H21B87N3O. The molecule has 0 aliphatic carbocycles. The van der Waals surface area contributed by atoms with Gasteiger partial charge >= 0.3 is 0 Å². The Morgan fingerprint density at radius 3 is 0.648 bits per heavy atom. The highest BCUT2D eigenvalue weighted by Gasteiger charge is 2.67. The minimum absolute atomic E-state index is 0.268. The molecule has 0 saturated carbocycles. The van der Waals surface area contributed by atoms with Gasteiger partial charge in [-0.1, -0.05) is 6.07 Å². The number of benzene rings is 1. The first-order valence-electron chi connectivity index (χ1n) is 35.4. The van der Waals surface area contributed by atoms with E-state index in [9.17, 15) is 0 Å². The summed E-state index contributed by atoms with van der Waals surface area (Å²) in [6.07, 6.45) is -73.3. The molecule has 105 heavy (non-hydrogen) atoms. The average Bonchev–Trinajstić information content (AvgIpc) is 1.51. The summed E-state index contributed by atoms with van der Waals surface area (Å²) in [6, 6.07) is 6.83. The molecule has 1 aromatic carbocycles. The summed E-state index contributed by atoms with van der Waals surface area (Å²) >= 11 is 0. The van der Waals surface area contributed by atoms with Crippen LogP contribution in [-0.4, -0.2) is 665 Å². The molecule has 0 aromatic heterocycles. The van der Waals surface area contributed by atoms with Crippen LogP contribution in [0.2, 0.25) is 0 Å². The number of hydrogen-bond donors (Lipinski definition) is 2. The number of nitrogens with one attached hydrogen (secondary N) is 1. The molecule has 0 unspecified atom stereocenters. The Hall–Kier alpha value is 4.55. The normalized spacial score (nSPS) is 11.6. The van der Waals surface area contributed by atoms with E-state index in [4.69, 9.17) is 346 Å². The first-order chi connectivity index (χ1) is 48.5. The van der Waals surface area contributed by atoms with E-state index in [1.807, 2.05) is 0 Å². The van der Waals surface area contributed by atoms with Gasteiger partial charge in [-0.15, -0.1) is 0 Å². The molecule has 2 N–H and O–H groups in total. The van der Waals surface area contributed by atoms with Gasteiger partial charge in [0.1, 0.15) is 0 Å². The SMILES string of the molecule is OCCN1CCN(c2ccc3c(c2)CNC3)CC1.[B][B]B([B])B(B([B])[B])B(B(B(B([B])[B])B([B])[B])B(B([B])[B])B([B])[B])B(B(B(B(B([B])[B])B([B])[B])B(B([B])[B])B([B])[B])B(B(B([B])[B])B([B])[B])B(B([B])[B])B([B])[B])B(B(B(B([B])[B])B([B])[B])B(B([B])[B])B([B])[B])B(B(B([B])[B])B([B])[B])B(B([B])[B])B([B])[B]. The zero-order valence-electron chi connectivity index (χ0n) is 61.0. The minimum Gasteiger partial charge on any atom is -0.395 e. The highest BCUT2D eigenvalue weighted by molar-refractivity contribution is 8.42. The van der Waals surface area contributed by atoms with Crippen molar-refractivity contribution in [2.75, 3.05) is 44.2 Å². The van der Waals surface area contributed by atoms with Crippen LogP contribution in [0.4, 0.5) is 5.69 Å². The van der Waals surface area contributed by atoms with E-state index in [2.05, 4.69) is 33.3 Å². The molecule has 0 amide bonds. The number of piperazine rings is 1. The average molecular weight is 1190 g/mol. The number of anilines is 1. The molecule has 89 radical (unpaired) electrons. The largest absolute Gasteiger partial charge is 0.395 e. The molecule has 0 bridgehead atoms. The molecular weight excluding hydrogens is 1170 g/mol. The van der Waals surface area contributed by atoms with E-state index in [-0.39, 0.29) is 6.61 Å². The van der Waals surface area contributed by atoms with Crippen molar-refractivity contribution >= 4 is 621 Å². The van der Waals surface area contributed by atoms with E-state index >= 15 is 0 Å². The Morgan fingerprint density at radius 1 is 0.267 bits per heavy atom. The number of fused-ring (bicyclic) bond motifs is 1. The van der Waals surface area contributed by atoms with Crippen molar-refractivity contribution in [1.29, 1.82) is 0 Å². The lowest BCUT2D eigenvalue weighted by Crippen LogP contribution is -3.00. The molecule has 0 atom stereocenters. The van der Waals surface area contributed by atoms with Gasteiger partial charge in [-0.3, -0.25) is 4.90 Å². The molecule has 1 saturated heterocycles. The van der Waals surface area contributed by atoms with Crippen LogP contribution >= 0.6 is 0 Å². The molecule has 2 aliphatic rings. The van der Waals surface area contributed by atoms with Gasteiger partial charge < -0.3 is 15.3 Å². The molecule has 91 heteroatoms. The lowest BCUT2D eigenvalue weighted by atomic mass is 8.19. The van der Waals surface area contributed by atoms with Crippen LogP contribution in [0.5, 0.6) is 0 Å². The Balaban J connectivity index is 0.00000177. The first-order valence-corrected chi connectivity index (χ1v) is 35.4. The second-order valence-corrected chi connectivity index (χ2v) is 29.6. The maximum Gasteiger partial charge on any atom is 0.0558 e. The van der Waals surface area contributed by atoms with Crippen LogP contribution in [0.15, 0.2) is 18.2 Å². The predicted molar refractivity (Wildman–Crippen MR) is 573 cm³/mol. The smallest absolute Gasteiger partial charge is 0.0558 e.